The number of anilines is 2. The van der Waals surface area contributed by atoms with E-state index in [1.165, 1.54) is 43.5 Å². The van der Waals surface area contributed by atoms with E-state index < -0.39 is 41.9 Å². The van der Waals surface area contributed by atoms with E-state index >= 15 is 0 Å². The Labute approximate surface area is 223 Å². The Morgan fingerprint density at radius 1 is 1.00 bits per heavy atom. The Kier molecular flexibility index (Phi) is 9.44. The van der Waals surface area contributed by atoms with Crippen molar-refractivity contribution in [1.82, 2.24) is 5.43 Å². The van der Waals surface area contributed by atoms with Crippen molar-refractivity contribution in [2.45, 2.75) is 6.18 Å². The molecular formula is C25H19ClF4N4O5. The molecule has 0 saturated heterocycles. The van der Waals surface area contributed by atoms with E-state index in [2.05, 4.69) is 15.7 Å². The summed E-state index contributed by atoms with van der Waals surface area (Å²) in [5, 5.41) is 8.02. The average molecular weight is 567 g/mol. The molecule has 0 atom stereocenters. The van der Waals surface area contributed by atoms with Crippen LogP contribution in [0, 0.1) is 5.82 Å². The number of benzene rings is 3. The Bertz CT molecular complexity index is 1420. The van der Waals surface area contributed by atoms with Gasteiger partial charge in [0.25, 0.3) is 5.91 Å². The van der Waals surface area contributed by atoms with Gasteiger partial charge in [0.05, 0.1) is 29.6 Å². The molecule has 3 aromatic rings. The first-order chi connectivity index (χ1) is 18.5. The first-order valence-electron chi connectivity index (χ1n) is 10.8. The molecule has 0 saturated carbocycles. The number of para-hydroxylation sites is 1. The van der Waals surface area contributed by atoms with Crippen LogP contribution in [-0.2, 0) is 20.6 Å². The van der Waals surface area contributed by atoms with Crippen LogP contribution >= 0.6 is 11.6 Å². The molecule has 0 aliphatic carbocycles. The maximum Gasteiger partial charge on any atom is 0.416 e. The van der Waals surface area contributed by atoms with Crippen molar-refractivity contribution in [3.63, 3.8) is 0 Å². The van der Waals surface area contributed by atoms with Crippen LogP contribution in [-0.4, -0.2) is 37.7 Å². The van der Waals surface area contributed by atoms with Gasteiger partial charge in [-0.1, -0.05) is 29.8 Å². The van der Waals surface area contributed by atoms with Gasteiger partial charge in [0.15, 0.2) is 18.1 Å². The summed E-state index contributed by atoms with van der Waals surface area (Å²) >= 11 is 6.21. The maximum absolute atomic E-state index is 13.6. The number of carbonyl (C=O) groups is 3. The third-order valence-electron chi connectivity index (χ3n) is 4.78. The van der Waals surface area contributed by atoms with Crippen molar-refractivity contribution in [2.75, 3.05) is 24.4 Å². The Morgan fingerprint density at radius 2 is 1.74 bits per heavy atom. The average Bonchev–Trinajstić information content (AvgIpc) is 2.88. The van der Waals surface area contributed by atoms with Crippen molar-refractivity contribution in [2.24, 2.45) is 5.10 Å². The second-order valence-corrected chi connectivity index (χ2v) is 7.99. The summed E-state index contributed by atoms with van der Waals surface area (Å²) in [7, 11) is 1.29. The zero-order valence-electron chi connectivity index (χ0n) is 19.9. The topological polar surface area (TPSA) is 118 Å². The number of hydrogen-bond acceptors (Lipinski definition) is 6. The maximum atomic E-state index is 13.6. The molecule has 0 unspecified atom stereocenters. The van der Waals surface area contributed by atoms with Crippen molar-refractivity contribution in [1.29, 1.82) is 0 Å². The number of carbonyl (C=O) groups excluding carboxylic acids is 3. The Balaban J connectivity index is 1.59. The van der Waals surface area contributed by atoms with Crippen LogP contribution in [0.25, 0.3) is 0 Å². The normalized spacial score (nSPS) is 11.1. The zero-order valence-corrected chi connectivity index (χ0v) is 20.7. The highest BCUT2D eigenvalue weighted by atomic mass is 35.5. The van der Waals surface area contributed by atoms with Crippen LogP contribution in [0.4, 0.5) is 28.9 Å². The summed E-state index contributed by atoms with van der Waals surface area (Å²) in [5.41, 5.74) is 1.09. The van der Waals surface area contributed by atoms with Crippen LogP contribution in [0.5, 0.6) is 11.5 Å². The fraction of sp³-hybridized carbons (Fsp3) is 0.120. The number of amides is 3. The lowest BCUT2D eigenvalue weighted by Crippen LogP contribution is -2.32. The number of rotatable bonds is 8. The summed E-state index contributed by atoms with van der Waals surface area (Å²) < 4.78 is 62.8. The summed E-state index contributed by atoms with van der Waals surface area (Å²) in [4.78, 5) is 36.0. The van der Waals surface area contributed by atoms with E-state index in [-0.39, 0.29) is 27.9 Å². The minimum atomic E-state index is -4.57. The first kappa shape index (κ1) is 28.9. The fourth-order valence-corrected chi connectivity index (χ4v) is 3.29. The standard InChI is InChI=1S/C25H19ClF4N4O5/c1-38-20-10-14(12-31-34-24(37)23(36)33-19-8-3-2-7-18(19)27)9-17(26)22(20)39-13-21(35)32-16-6-4-5-15(11-16)25(28,29)30/h2-12H,13H2,1H3,(H,32,35)(H,33,36)(H,34,37)/b31-12-. The molecule has 14 heteroatoms. The molecule has 39 heavy (non-hydrogen) atoms. The number of nitrogens with zero attached hydrogens (tertiary/aromatic N) is 1. The molecular weight excluding hydrogens is 548 g/mol. The summed E-state index contributed by atoms with van der Waals surface area (Å²) in [5.74, 6) is -3.77. The number of hydrogen-bond donors (Lipinski definition) is 3. The highest BCUT2D eigenvalue weighted by Gasteiger charge is 2.30. The summed E-state index contributed by atoms with van der Waals surface area (Å²) in [6.45, 7) is -0.604. The quantitative estimate of drug-likeness (QED) is 0.159. The molecule has 0 fully saturated rings. The van der Waals surface area contributed by atoms with Gasteiger partial charge >= 0.3 is 18.0 Å². The van der Waals surface area contributed by atoms with Gasteiger partial charge in [-0.2, -0.15) is 18.3 Å². The fourth-order valence-electron chi connectivity index (χ4n) is 3.02. The van der Waals surface area contributed by atoms with Crippen molar-refractivity contribution in [3.05, 3.63) is 82.6 Å². The van der Waals surface area contributed by atoms with Crippen molar-refractivity contribution < 1.29 is 41.4 Å². The molecule has 0 aromatic heterocycles. The molecule has 0 bridgehead atoms. The molecule has 3 N–H and O–H groups in total. The van der Waals surface area contributed by atoms with Crippen LogP contribution in [0.3, 0.4) is 0 Å². The van der Waals surface area contributed by atoms with Gasteiger partial charge in [0.2, 0.25) is 0 Å². The summed E-state index contributed by atoms with van der Waals surface area (Å²) in [6.07, 6.45) is -3.44. The molecule has 0 heterocycles. The van der Waals surface area contributed by atoms with Gasteiger partial charge in [0, 0.05) is 5.69 Å². The molecule has 0 radical (unpaired) electrons. The van der Waals surface area contributed by atoms with Crippen LogP contribution < -0.4 is 25.5 Å². The van der Waals surface area contributed by atoms with Crippen molar-refractivity contribution >= 4 is 46.9 Å². The largest absolute Gasteiger partial charge is 0.493 e. The second-order valence-electron chi connectivity index (χ2n) is 7.58. The van der Waals surface area contributed by atoms with Crippen LogP contribution in [0.2, 0.25) is 5.02 Å². The molecule has 0 aliphatic heterocycles. The lowest BCUT2D eigenvalue weighted by atomic mass is 10.2. The predicted octanol–water partition coefficient (Wildman–Crippen LogP) is 4.61. The van der Waals surface area contributed by atoms with E-state index in [0.717, 1.165) is 30.5 Å². The van der Waals surface area contributed by atoms with Crippen molar-refractivity contribution in [3.8, 4) is 11.5 Å². The number of nitrogens with one attached hydrogen (secondary N) is 3. The Morgan fingerprint density at radius 3 is 2.44 bits per heavy atom. The van der Waals surface area contributed by atoms with E-state index in [0.29, 0.717) is 5.56 Å². The third kappa shape index (κ3) is 8.17. The molecule has 0 aliphatic rings. The van der Waals surface area contributed by atoms with Gasteiger partial charge in [-0.15, -0.1) is 0 Å². The van der Waals surface area contributed by atoms with Gasteiger partial charge in [0.1, 0.15) is 5.82 Å². The van der Waals surface area contributed by atoms with Gasteiger partial charge in [-0.3, -0.25) is 14.4 Å². The molecule has 0 spiro atoms. The lowest BCUT2D eigenvalue weighted by Gasteiger charge is -2.14. The number of methoxy groups -OCH3 is 1. The van der Waals surface area contributed by atoms with E-state index in [1.807, 2.05) is 5.43 Å². The second kappa shape index (κ2) is 12.7. The van der Waals surface area contributed by atoms with Gasteiger partial charge in [-0.25, -0.2) is 9.82 Å². The third-order valence-corrected chi connectivity index (χ3v) is 5.06. The van der Waals surface area contributed by atoms with Crippen LogP contribution in [0.15, 0.2) is 65.8 Å². The minimum Gasteiger partial charge on any atom is -0.493 e. The highest BCUT2D eigenvalue weighted by Crippen LogP contribution is 2.36. The number of halogens is 5. The SMILES string of the molecule is COc1cc(/C=N\NC(=O)C(=O)Nc2ccccc2F)cc(Cl)c1OCC(=O)Nc1cccc(C(F)(F)F)c1. The molecule has 3 amide bonds. The molecule has 3 rings (SSSR count). The monoisotopic (exact) mass is 566 g/mol. The predicted molar refractivity (Wildman–Crippen MR) is 134 cm³/mol. The van der Waals surface area contributed by atoms with E-state index in [9.17, 15) is 31.9 Å². The Hall–Kier alpha value is -4.65. The first-order valence-corrected chi connectivity index (χ1v) is 11.2. The number of alkyl halides is 3. The molecule has 9 nitrogen and oxygen atoms in total. The van der Waals surface area contributed by atoms with Gasteiger partial charge in [-0.05, 0) is 48.0 Å². The summed E-state index contributed by atoms with van der Waals surface area (Å²) in [6, 6.07) is 12.1. The van der Waals surface area contributed by atoms with E-state index in [4.69, 9.17) is 21.1 Å². The van der Waals surface area contributed by atoms with Gasteiger partial charge < -0.3 is 20.1 Å². The highest BCUT2D eigenvalue weighted by molar-refractivity contribution is 6.39. The molecule has 3 aromatic carbocycles. The smallest absolute Gasteiger partial charge is 0.416 e. The minimum absolute atomic E-state index is 0.0220. The number of hydrazone groups is 1. The zero-order chi connectivity index (χ0) is 28.6. The van der Waals surface area contributed by atoms with Crippen LogP contribution in [0.1, 0.15) is 11.1 Å². The molecule has 204 valence electrons. The number of ether oxygens (including phenoxy) is 2. The lowest BCUT2D eigenvalue weighted by molar-refractivity contribution is -0.137. The van der Waals surface area contributed by atoms with E-state index in [1.54, 1.807) is 0 Å².